The summed E-state index contributed by atoms with van der Waals surface area (Å²) >= 11 is 0. The molecular weight excluding hydrogens is 342 g/mol. The molecule has 4 rings (SSSR count). The fourth-order valence-corrected chi connectivity index (χ4v) is 2.96. The van der Waals surface area contributed by atoms with Gasteiger partial charge in [-0.1, -0.05) is 48.5 Å². The first-order valence-electron chi connectivity index (χ1n) is 8.55. The zero-order chi connectivity index (χ0) is 18.8. The molecule has 0 radical (unpaired) electrons. The van der Waals surface area contributed by atoms with Crippen LogP contribution in [0.5, 0.6) is 0 Å². The Morgan fingerprint density at radius 3 is 2.59 bits per heavy atom. The van der Waals surface area contributed by atoms with Crippen molar-refractivity contribution in [3.63, 3.8) is 0 Å². The Bertz CT molecular complexity index is 1110. The zero-order valence-electron chi connectivity index (χ0n) is 14.6. The summed E-state index contributed by atoms with van der Waals surface area (Å²) in [7, 11) is 0. The summed E-state index contributed by atoms with van der Waals surface area (Å²) in [4.78, 5) is 28.1. The van der Waals surface area contributed by atoms with Crippen LogP contribution in [-0.2, 0) is 4.74 Å². The Hall–Kier alpha value is -3.67. The minimum Gasteiger partial charge on any atom is -0.450 e. The number of benzene rings is 2. The van der Waals surface area contributed by atoms with Gasteiger partial charge in [-0.25, -0.2) is 4.79 Å². The number of esters is 1. The van der Waals surface area contributed by atoms with Gasteiger partial charge in [0.1, 0.15) is 5.69 Å². The first-order valence-corrected chi connectivity index (χ1v) is 8.55. The topological polar surface area (TPSA) is 87.8 Å². The number of nitrogens with one attached hydrogen (secondary N) is 2. The van der Waals surface area contributed by atoms with Gasteiger partial charge in [-0.2, -0.15) is 5.10 Å². The minimum absolute atomic E-state index is 0.201. The molecule has 0 saturated heterocycles. The van der Waals surface area contributed by atoms with Gasteiger partial charge in [-0.05, 0) is 19.1 Å². The molecular formula is C21H17N3O3. The summed E-state index contributed by atoms with van der Waals surface area (Å²) in [5.41, 5.74) is 3.09. The molecule has 1 atom stereocenters. The normalized spacial score (nSPS) is 12.0. The van der Waals surface area contributed by atoms with Gasteiger partial charge >= 0.3 is 5.97 Å². The van der Waals surface area contributed by atoms with E-state index in [2.05, 4.69) is 15.2 Å². The number of H-pyrrole nitrogens is 2. The number of carbonyl (C=O) groups is 2. The molecule has 6 nitrogen and oxygen atoms in total. The lowest BCUT2D eigenvalue weighted by Crippen LogP contribution is -2.24. The second-order valence-corrected chi connectivity index (χ2v) is 6.19. The number of aromatic nitrogens is 3. The third kappa shape index (κ3) is 3.25. The minimum atomic E-state index is -0.916. The second kappa shape index (κ2) is 6.92. The maximum absolute atomic E-state index is 12.7. The van der Waals surface area contributed by atoms with Crippen LogP contribution in [0.1, 0.15) is 27.8 Å². The molecule has 2 aromatic carbocycles. The van der Waals surface area contributed by atoms with Gasteiger partial charge < -0.3 is 9.72 Å². The molecule has 2 aromatic heterocycles. The molecule has 2 heterocycles. The van der Waals surface area contributed by atoms with Crippen LogP contribution in [0.15, 0.2) is 66.9 Å². The van der Waals surface area contributed by atoms with E-state index in [0.29, 0.717) is 11.3 Å². The number of para-hydroxylation sites is 1. The van der Waals surface area contributed by atoms with Crippen LogP contribution in [0.4, 0.5) is 0 Å². The lowest BCUT2D eigenvalue weighted by atomic mass is 10.1. The highest BCUT2D eigenvalue weighted by atomic mass is 16.5. The van der Waals surface area contributed by atoms with Crippen molar-refractivity contribution < 1.29 is 14.3 Å². The zero-order valence-corrected chi connectivity index (χ0v) is 14.6. The van der Waals surface area contributed by atoms with E-state index in [1.165, 1.54) is 0 Å². The highest BCUT2D eigenvalue weighted by Gasteiger charge is 2.23. The number of rotatable bonds is 5. The van der Waals surface area contributed by atoms with Gasteiger partial charge in [-0.15, -0.1) is 0 Å². The number of nitrogens with zero attached hydrogens (tertiary/aromatic N) is 1. The number of aromatic amines is 2. The number of Topliss-reactive ketones (excluding diaryl/α,β-unsaturated/α-hetero) is 1. The summed E-state index contributed by atoms with van der Waals surface area (Å²) in [5, 5.41) is 7.61. The van der Waals surface area contributed by atoms with E-state index in [-0.39, 0.29) is 11.5 Å². The summed E-state index contributed by atoms with van der Waals surface area (Å²) < 4.78 is 5.35. The van der Waals surface area contributed by atoms with Crippen LogP contribution in [0.25, 0.3) is 22.2 Å². The maximum Gasteiger partial charge on any atom is 0.357 e. The molecule has 0 aliphatic heterocycles. The third-order valence-electron chi connectivity index (χ3n) is 4.38. The van der Waals surface area contributed by atoms with Gasteiger partial charge in [0.25, 0.3) is 0 Å². The van der Waals surface area contributed by atoms with Crippen molar-refractivity contribution in [3.05, 3.63) is 78.1 Å². The van der Waals surface area contributed by atoms with Crippen LogP contribution in [0.3, 0.4) is 0 Å². The first kappa shape index (κ1) is 16.8. The fourth-order valence-electron chi connectivity index (χ4n) is 2.96. The maximum atomic E-state index is 12.7. The monoisotopic (exact) mass is 359 g/mol. The average Bonchev–Trinajstić information content (AvgIpc) is 3.35. The summed E-state index contributed by atoms with van der Waals surface area (Å²) in [6.07, 6.45) is 0.723. The summed E-state index contributed by atoms with van der Waals surface area (Å²) in [6, 6.07) is 18.6. The molecule has 2 N–H and O–H groups in total. The van der Waals surface area contributed by atoms with Crippen LogP contribution in [0.2, 0.25) is 0 Å². The lowest BCUT2D eigenvalue weighted by molar-refractivity contribution is 0.0313. The van der Waals surface area contributed by atoms with E-state index in [1.807, 2.05) is 54.6 Å². The molecule has 0 amide bonds. The van der Waals surface area contributed by atoms with Crippen molar-refractivity contribution in [2.24, 2.45) is 0 Å². The molecule has 6 heteroatoms. The molecule has 0 spiro atoms. The van der Waals surface area contributed by atoms with E-state index >= 15 is 0 Å². The molecule has 134 valence electrons. The van der Waals surface area contributed by atoms with Gasteiger partial charge in [0.15, 0.2) is 6.10 Å². The molecule has 0 saturated carbocycles. The molecule has 0 unspecified atom stereocenters. The second-order valence-electron chi connectivity index (χ2n) is 6.19. The van der Waals surface area contributed by atoms with Gasteiger partial charge in [-0.3, -0.25) is 9.89 Å². The Kier molecular flexibility index (Phi) is 4.30. The number of carbonyl (C=O) groups excluding carboxylic acids is 2. The number of fused-ring (bicyclic) bond motifs is 1. The molecule has 0 bridgehead atoms. The Balaban J connectivity index is 1.49. The van der Waals surface area contributed by atoms with E-state index in [4.69, 9.17) is 4.74 Å². The predicted octanol–water partition coefficient (Wildman–Crippen LogP) is 3.99. The number of ketones is 1. The summed E-state index contributed by atoms with van der Waals surface area (Å²) in [6.45, 7) is 1.57. The molecule has 0 fully saturated rings. The van der Waals surface area contributed by atoms with Crippen molar-refractivity contribution in [3.8, 4) is 11.3 Å². The largest absolute Gasteiger partial charge is 0.450 e. The van der Waals surface area contributed by atoms with Crippen molar-refractivity contribution in [2.45, 2.75) is 13.0 Å². The molecule has 4 aromatic rings. The van der Waals surface area contributed by atoms with Crippen molar-refractivity contribution in [1.82, 2.24) is 15.2 Å². The van der Waals surface area contributed by atoms with Gasteiger partial charge in [0, 0.05) is 28.2 Å². The molecule has 0 aliphatic rings. The quantitative estimate of drug-likeness (QED) is 0.417. The third-order valence-corrected chi connectivity index (χ3v) is 4.38. The highest BCUT2D eigenvalue weighted by Crippen LogP contribution is 2.21. The standard InChI is InChI=1S/C21H17N3O3/c1-13(20(25)16-12-22-17-10-6-5-9-15(16)17)27-21(26)19-11-18(23-24-19)14-7-3-2-4-8-14/h2-13,22H,1H3,(H,23,24)/t13-/m0/s1. The van der Waals surface area contributed by atoms with Crippen molar-refractivity contribution >= 4 is 22.7 Å². The Morgan fingerprint density at radius 1 is 1.04 bits per heavy atom. The first-order chi connectivity index (χ1) is 13.1. The SMILES string of the molecule is C[C@H](OC(=O)c1cc(-c2ccccc2)n[nH]1)C(=O)c1c[nH]c2ccccc12. The Morgan fingerprint density at radius 2 is 1.78 bits per heavy atom. The smallest absolute Gasteiger partial charge is 0.357 e. The lowest BCUT2D eigenvalue weighted by Gasteiger charge is -2.10. The van der Waals surface area contributed by atoms with Crippen LogP contribution in [-0.4, -0.2) is 33.0 Å². The predicted molar refractivity (Wildman–Crippen MR) is 102 cm³/mol. The number of ether oxygens (including phenoxy) is 1. The molecule has 0 aliphatic carbocycles. The number of hydrogen-bond acceptors (Lipinski definition) is 4. The Labute approximate surface area is 155 Å². The highest BCUT2D eigenvalue weighted by molar-refractivity contribution is 6.10. The number of hydrogen-bond donors (Lipinski definition) is 2. The van der Waals surface area contributed by atoms with E-state index in [9.17, 15) is 9.59 Å². The van der Waals surface area contributed by atoms with Crippen LogP contribution < -0.4 is 0 Å². The van der Waals surface area contributed by atoms with Crippen molar-refractivity contribution in [1.29, 1.82) is 0 Å². The van der Waals surface area contributed by atoms with Gasteiger partial charge in [0.2, 0.25) is 5.78 Å². The van der Waals surface area contributed by atoms with E-state index in [1.54, 1.807) is 19.2 Å². The van der Waals surface area contributed by atoms with Crippen LogP contribution in [0, 0.1) is 0 Å². The fraction of sp³-hybridized carbons (Fsp3) is 0.0952. The van der Waals surface area contributed by atoms with Crippen molar-refractivity contribution in [2.75, 3.05) is 0 Å². The van der Waals surface area contributed by atoms with Gasteiger partial charge in [0.05, 0.1) is 5.69 Å². The van der Waals surface area contributed by atoms with Crippen LogP contribution >= 0.6 is 0 Å². The molecule has 27 heavy (non-hydrogen) atoms. The van der Waals surface area contributed by atoms with E-state index in [0.717, 1.165) is 16.5 Å². The average molecular weight is 359 g/mol. The van der Waals surface area contributed by atoms with E-state index < -0.39 is 12.1 Å². The summed E-state index contributed by atoms with van der Waals surface area (Å²) in [5.74, 6) is -0.881.